The van der Waals surface area contributed by atoms with Gasteiger partial charge in [-0.2, -0.15) is 0 Å². The monoisotopic (exact) mass is 365 g/mol. The molecule has 0 aliphatic rings. The number of aromatic nitrogens is 2. The number of ether oxygens (including phenoxy) is 1. The van der Waals surface area contributed by atoms with Crippen LogP contribution in [0.15, 0.2) is 65.1 Å². The van der Waals surface area contributed by atoms with E-state index in [0.717, 1.165) is 11.1 Å². The van der Waals surface area contributed by atoms with Gasteiger partial charge in [-0.25, -0.2) is 0 Å². The van der Waals surface area contributed by atoms with Gasteiger partial charge in [-0.1, -0.05) is 48.5 Å². The van der Waals surface area contributed by atoms with Crippen molar-refractivity contribution >= 4 is 5.91 Å². The summed E-state index contributed by atoms with van der Waals surface area (Å²) in [6.07, 6.45) is 1.46. The lowest BCUT2D eigenvalue weighted by Crippen LogP contribution is -2.29. The summed E-state index contributed by atoms with van der Waals surface area (Å²) in [6.45, 7) is 0.443. The van der Waals surface area contributed by atoms with E-state index in [4.69, 9.17) is 9.15 Å². The first-order valence-corrected chi connectivity index (χ1v) is 8.98. The number of benzene rings is 2. The predicted molar refractivity (Wildman–Crippen MR) is 102 cm³/mol. The number of nitrogens with one attached hydrogen (secondary N) is 1. The van der Waals surface area contributed by atoms with Gasteiger partial charge < -0.3 is 14.5 Å². The molecule has 3 aromatic rings. The Bertz CT molecular complexity index is 834. The second-order valence-electron chi connectivity index (χ2n) is 6.16. The lowest BCUT2D eigenvalue weighted by atomic mass is 10.1. The van der Waals surface area contributed by atoms with Gasteiger partial charge in [-0.15, -0.1) is 10.2 Å². The average molecular weight is 365 g/mol. The third kappa shape index (κ3) is 5.49. The van der Waals surface area contributed by atoms with E-state index in [1.807, 2.05) is 60.7 Å². The van der Waals surface area contributed by atoms with E-state index in [9.17, 15) is 4.79 Å². The second-order valence-corrected chi connectivity index (χ2v) is 6.16. The van der Waals surface area contributed by atoms with E-state index in [0.29, 0.717) is 37.6 Å². The lowest BCUT2D eigenvalue weighted by Gasteiger charge is -2.16. The fourth-order valence-corrected chi connectivity index (χ4v) is 2.75. The number of carbonyl (C=O) groups is 1. The van der Waals surface area contributed by atoms with E-state index >= 15 is 0 Å². The van der Waals surface area contributed by atoms with Crippen molar-refractivity contribution in [1.29, 1.82) is 0 Å². The molecule has 6 nitrogen and oxygen atoms in total. The minimum atomic E-state index is -0.153. The van der Waals surface area contributed by atoms with Crippen LogP contribution in [0, 0.1) is 0 Å². The van der Waals surface area contributed by atoms with Gasteiger partial charge in [-0.3, -0.25) is 4.79 Å². The summed E-state index contributed by atoms with van der Waals surface area (Å²) in [5.41, 5.74) is 1.93. The first-order valence-electron chi connectivity index (χ1n) is 8.98. The molecular formula is C21H23N3O3. The van der Waals surface area contributed by atoms with E-state index < -0.39 is 0 Å². The largest absolute Gasteiger partial charge is 0.421 e. The number of amides is 1. The molecule has 0 saturated heterocycles. The maximum Gasteiger partial charge on any atom is 0.247 e. The first-order chi connectivity index (χ1) is 13.3. The fraction of sp³-hybridized carbons (Fsp3) is 0.286. The molecule has 0 radical (unpaired) electrons. The number of methoxy groups -OCH3 is 1. The van der Waals surface area contributed by atoms with Gasteiger partial charge in [0.05, 0.1) is 6.10 Å². The number of aryl methyl sites for hydroxylation is 1. The van der Waals surface area contributed by atoms with Gasteiger partial charge in [0.25, 0.3) is 0 Å². The van der Waals surface area contributed by atoms with Gasteiger partial charge in [0.15, 0.2) is 0 Å². The van der Waals surface area contributed by atoms with Crippen LogP contribution in [0.2, 0.25) is 0 Å². The molecule has 0 bridgehead atoms. The molecule has 0 fully saturated rings. The number of carbonyl (C=O) groups excluding carboxylic acids is 1. The predicted octanol–water partition coefficient (Wildman–Crippen LogP) is 3.56. The summed E-state index contributed by atoms with van der Waals surface area (Å²) in [5.74, 6) is 1.03. The topological polar surface area (TPSA) is 77.2 Å². The molecule has 1 unspecified atom stereocenters. The molecule has 2 aromatic carbocycles. The molecule has 0 aliphatic carbocycles. The van der Waals surface area contributed by atoms with E-state index in [2.05, 4.69) is 15.5 Å². The van der Waals surface area contributed by atoms with Crippen LogP contribution in [0.3, 0.4) is 0 Å². The Hall–Kier alpha value is -2.99. The molecular weight excluding hydrogens is 342 g/mol. The molecule has 27 heavy (non-hydrogen) atoms. The summed E-state index contributed by atoms with van der Waals surface area (Å²) in [6, 6.07) is 19.5. The highest BCUT2D eigenvalue weighted by molar-refractivity contribution is 5.75. The highest BCUT2D eigenvalue weighted by atomic mass is 16.5. The number of nitrogens with zero attached hydrogens (tertiary/aromatic N) is 2. The van der Waals surface area contributed by atoms with Crippen LogP contribution >= 0.6 is 0 Å². The van der Waals surface area contributed by atoms with Crippen molar-refractivity contribution in [2.75, 3.05) is 13.7 Å². The normalized spacial score (nSPS) is 11.9. The minimum Gasteiger partial charge on any atom is -0.421 e. The molecule has 3 rings (SSSR count). The number of rotatable bonds is 9. The van der Waals surface area contributed by atoms with Gasteiger partial charge >= 0.3 is 0 Å². The van der Waals surface area contributed by atoms with Crippen LogP contribution in [-0.2, 0) is 16.0 Å². The molecule has 1 heterocycles. The van der Waals surface area contributed by atoms with Crippen LogP contribution in [0.4, 0.5) is 0 Å². The zero-order valence-electron chi connectivity index (χ0n) is 15.3. The smallest absolute Gasteiger partial charge is 0.247 e. The summed E-state index contributed by atoms with van der Waals surface area (Å²) >= 11 is 0. The van der Waals surface area contributed by atoms with E-state index in [1.54, 1.807) is 7.11 Å². The van der Waals surface area contributed by atoms with E-state index in [-0.39, 0.29) is 12.0 Å². The molecule has 0 spiro atoms. The van der Waals surface area contributed by atoms with E-state index in [1.165, 1.54) is 0 Å². The van der Waals surface area contributed by atoms with Gasteiger partial charge in [0.2, 0.25) is 17.7 Å². The molecule has 1 atom stereocenters. The Balaban J connectivity index is 1.41. The van der Waals surface area contributed by atoms with Crippen molar-refractivity contribution in [3.8, 4) is 11.5 Å². The highest BCUT2D eigenvalue weighted by Gasteiger charge is 2.12. The Kier molecular flexibility index (Phi) is 6.71. The zero-order chi connectivity index (χ0) is 18.9. The summed E-state index contributed by atoms with van der Waals surface area (Å²) in [5, 5.41) is 11.0. The SMILES string of the molecule is COC(CNC(=O)CCCc1nnc(-c2ccccc2)o1)c1ccccc1. The van der Waals surface area contributed by atoms with Crippen molar-refractivity contribution in [3.63, 3.8) is 0 Å². The minimum absolute atomic E-state index is 0.0178. The van der Waals surface area contributed by atoms with Crippen LogP contribution in [-0.4, -0.2) is 29.8 Å². The number of hydrogen-bond acceptors (Lipinski definition) is 5. The van der Waals surface area contributed by atoms with Crippen molar-refractivity contribution in [2.45, 2.75) is 25.4 Å². The summed E-state index contributed by atoms with van der Waals surface area (Å²) in [4.78, 5) is 12.1. The maximum atomic E-state index is 12.1. The van der Waals surface area contributed by atoms with Crippen LogP contribution in [0.25, 0.3) is 11.5 Å². The third-order valence-electron chi connectivity index (χ3n) is 4.22. The lowest BCUT2D eigenvalue weighted by molar-refractivity contribution is -0.121. The number of hydrogen-bond donors (Lipinski definition) is 1. The molecule has 1 amide bonds. The fourth-order valence-electron chi connectivity index (χ4n) is 2.75. The highest BCUT2D eigenvalue weighted by Crippen LogP contribution is 2.18. The molecule has 0 aliphatic heterocycles. The Morgan fingerprint density at radius 1 is 1.07 bits per heavy atom. The standard InChI is InChI=1S/C21H23N3O3/c1-26-18(16-9-4-2-5-10-16)15-22-19(25)13-8-14-20-23-24-21(27-20)17-11-6-3-7-12-17/h2-7,9-12,18H,8,13-15H2,1H3,(H,22,25). The van der Waals surface area contributed by atoms with Crippen molar-refractivity contribution < 1.29 is 13.9 Å². The Morgan fingerprint density at radius 3 is 2.48 bits per heavy atom. The third-order valence-corrected chi connectivity index (χ3v) is 4.22. The Labute approximate surface area is 158 Å². The quantitative estimate of drug-likeness (QED) is 0.627. The maximum absolute atomic E-state index is 12.1. The second kappa shape index (κ2) is 9.64. The molecule has 1 aromatic heterocycles. The van der Waals surface area contributed by atoms with Crippen molar-refractivity contribution in [3.05, 3.63) is 72.1 Å². The Morgan fingerprint density at radius 2 is 1.78 bits per heavy atom. The van der Waals surface area contributed by atoms with Crippen molar-refractivity contribution in [2.24, 2.45) is 0 Å². The molecule has 1 N–H and O–H groups in total. The molecule has 6 heteroatoms. The zero-order valence-corrected chi connectivity index (χ0v) is 15.3. The van der Waals surface area contributed by atoms with Crippen LogP contribution < -0.4 is 5.32 Å². The van der Waals surface area contributed by atoms with Crippen LogP contribution in [0.5, 0.6) is 0 Å². The van der Waals surface area contributed by atoms with Gasteiger partial charge in [-0.05, 0) is 24.1 Å². The molecule has 140 valence electrons. The van der Waals surface area contributed by atoms with Gasteiger partial charge in [0, 0.05) is 32.1 Å². The molecule has 0 saturated carbocycles. The van der Waals surface area contributed by atoms with Gasteiger partial charge in [0.1, 0.15) is 0 Å². The summed E-state index contributed by atoms with van der Waals surface area (Å²) in [7, 11) is 1.64. The average Bonchev–Trinajstić information content (AvgIpc) is 3.19. The summed E-state index contributed by atoms with van der Waals surface area (Å²) < 4.78 is 11.1. The van der Waals surface area contributed by atoms with Crippen molar-refractivity contribution in [1.82, 2.24) is 15.5 Å². The van der Waals surface area contributed by atoms with Crippen LogP contribution in [0.1, 0.15) is 30.4 Å². The first kappa shape index (κ1) is 18.8.